The van der Waals surface area contributed by atoms with Crippen molar-refractivity contribution in [2.45, 2.75) is 39.0 Å². The van der Waals surface area contributed by atoms with Crippen LogP contribution in [-0.2, 0) is 17.9 Å². The summed E-state index contributed by atoms with van der Waals surface area (Å²) in [6.45, 7) is 7.94. The first-order valence-corrected chi connectivity index (χ1v) is 10.6. The van der Waals surface area contributed by atoms with Crippen LogP contribution in [-0.4, -0.2) is 54.7 Å². The van der Waals surface area contributed by atoms with Crippen LogP contribution < -0.4 is 10.6 Å². The van der Waals surface area contributed by atoms with Gasteiger partial charge < -0.3 is 15.4 Å². The van der Waals surface area contributed by atoms with Gasteiger partial charge in [-0.25, -0.2) is 0 Å². The molecule has 1 fully saturated rings. The fraction of sp³-hybridized carbons (Fsp3) is 0.478. The second-order valence-electron chi connectivity index (χ2n) is 7.31. The number of guanidine groups is 1. The molecule has 0 radical (unpaired) electrons. The van der Waals surface area contributed by atoms with E-state index in [2.05, 4.69) is 56.7 Å². The second-order valence-corrected chi connectivity index (χ2v) is 7.31. The van der Waals surface area contributed by atoms with Crippen molar-refractivity contribution in [2.24, 2.45) is 4.99 Å². The number of piperidine rings is 1. The molecule has 0 saturated carbocycles. The van der Waals surface area contributed by atoms with Gasteiger partial charge in [-0.15, -0.1) is 0 Å². The summed E-state index contributed by atoms with van der Waals surface area (Å²) in [6, 6.07) is 16.8. The van der Waals surface area contributed by atoms with E-state index in [1.807, 2.05) is 30.5 Å². The number of ether oxygens (including phenoxy) is 1. The molecular formula is C23H33N5O. The summed E-state index contributed by atoms with van der Waals surface area (Å²) in [5.41, 5.74) is 2.34. The van der Waals surface area contributed by atoms with Crippen LogP contribution in [0.5, 0.6) is 0 Å². The predicted molar refractivity (Wildman–Crippen MR) is 118 cm³/mol. The lowest BCUT2D eigenvalue weighted by molar-refractivity contribution is 0.128. The van der Waals surface area contributed by atoms with Crippen molar-refractivity contribution >= 4 is 5.96 Å². The molecule has 2 heterocycles. The highest BCUT2D eigenvalue weighted by atomic mass is 16.5. The maximum atomic E-state index is 5.73. The molecule has 2 N–H and O–H groups in total. The van der Waals surface area contributed by atoms with E-state index >= 15 is 0 Å². The smallest absolute Gasteiger partial charge is 0.191 e. The quantitative estimate of drug-likeness (QED) is 0.388. The van der Waals surface area contributed by atoms with E-state index in [-0.39, 0.29) is 0 Å². The minimum Gasteiger partial charge on any atom is -0.375 e. The van der Waals surface area contributed by atoms with E-state index in [1.165, 1.54) is 5.56 Å². The molecule has 0 aliphatic carbocycles. The van der Waals surface area contributed by atoms with Gasteiger partial charge >= 0.3 is 0 Å². The van der Waals surface area contributed by atoms with Crippen LogP contribution in [0.15, 0.2) is 59.7 Å². The molecule has 1 aliphatic heterocycles. The molecule has 0 atom stereocenters. The number of hydrogen-bond acceptors (Lipinski definition) is 4. The normalized spacial score (nSPS) is 16.0. The Hall–Kier alpha value is -2.44. The minimum atomic E-state index is 0.456. The zero-order valence-electron chi connectivity index (χ0n) is 17.4. The third kappa shape index (κ3) is 7.83. The number of aromatic nitrogens is 1. The summed E-state index contributed by atoms with van der Waals surface area (Å²) < 4.78 is 5.73. The largest absolute Gasteiger partial charge is 0.375 e. The van der Waals surface area contributed by atoms with Crippen LogP contribution >= 0.6 is 0 Å². The van der Waals surface area contributed by atoms with Gasteiger partial charge in [0.15, 0.2) is 5.96 Å². The van der Waals surface area contributed by atoms with Crippen LogP contribution in [0.25, 0.3) is 0 Å². The molecule has 2 aromatic rings. The fourth-order valence-electron chi connectivity index (χ4n) is 3.46. The number of rotatable bonds is 9. The van der Waals surface area contributed by atoms with Crippen LogP contribution in [0.3, 0.4) is 0 Å². The average molecular weight is 396 g/mol. The summed E-state index contributed by atoms with van der Waals surface area (Å²) >= 11 is 0. The lowest BCUT2D eigenvalue weighted by Crippen LogP contribution is -2.48. The van der Waals surface area contributed by atoms with Gasteiger partial charge in [0.25, 0.3) is 0 Å². The van der Waals surface area contributed by atoms with Crippen LogP contribution in [0.4, 0.5) is 0 Å². The molecule has 1 aromatic carbocycles. The first kappa shape index (κ1) is 21.3. The molecule has 29 heavy (non-hydrogen) atoms. The Bertz CT molecular complexity index is 715. The number of aliphatic imine (C=N–C) groups is 1. The highest BCUT2D eigenvalue weighted by molar-refractivity contribution is 5.80. The molecular weight excluding hydrogens is 362 g/mol. The van der Waals surface area contributed by atoms with Crippen molar-refractivity contribution < 1.29 is 4.74 Å². The van der Waals surface area contributed by atoms with Crippen molar-refractivity contribution in [3.63, 3.8) is 0 Å². The third-order valence-corrected chi connectivity index (χ3v) is 5.00. The molecule has 0 spiro atoms. The Kier molecular flexibility index (Phi) is 8.94. The zero-order valence-corrected chi connectivity index (χ0v) is 17.4. The Morgan fingerprint density at radius 3 is 2.66 bits per heavy atom. The van der Waals surface area contributed by atoms with Gasteiger partial charge in [0.1, 0.15) is 0 Å². The van der Waals surface area contributed by atoms with E-state index in [9.17, 15) is 0 Å². The Morgan fingerprint density at radius 1 is 1.14 bits per heavy atom. The Morgan fingerprint density at radius 2 is 1.93 bits per heavy atom. The number of likely N-dealkylation sites (tertiary alicyclic amines) is 1. The maximum absolute atomic E-state index is 5.73. The standard InChI is InChI=1S/C23H33N5O/c1-2-24-23(26-14-17-29-19-20-8-4-3-5-9-20)27-21-11-15-28(16-12-21)18-22-10-6-7-13-25-22/h3-10,13,21H,2,11-12,14-19H2,1H3,(H2,24,26,27). The lowest BCUT2D eigenvalue weighted by atomic mass is 10.0. The molecule has 0 amide bonds. The van der Waals surface area contributed by atoms with Gasteiger partial charge in [-0.3, -0.25) is 14.9 Å². The number of hydrogen-bond donors (Lipinski definition) is 2. The topological polar surface area (TPSA) is 61.8 Å². The number of benzene rings is 1. The van der Waals surface area contributed by atoms with E-state index in [0.29, 0.717) is 25.8 Å². The molecule has 156 valence electrons. The summed E-state index contributed by atoms with van der Waals surface area (Å²) in [7, 11) is 0. The third-order valence-electron chi connectivity index (χ3n) is 5.00. The van der Waals surface area contributed by atoms with E-state index < -0.39 is 0 Å². The molecule has 6 heteroatoms. The van der Waals surface area contributed by atoms with Gasteiger partial charge in [-0.1, -0.05) is 36.4 Å². The summed E-state index contributed by atoms with van der Waals surface area (Å²) in [5, 5.41) is 6.94. The number of nitrogens with zero attached hydrogens (tertiary/aromatic N) is 3. The predicted octanol–water partition coefficient (Wildman–Crippen LogP) is 2.82. The van der Waals surface area contributed by atoms with Crippen LogP contribution in [0.1, 0.15) is 31.0 Å². The van der Waals surface area contributed by atoms with Crippen LogP contribution in [0, 0.1) is 0 Å². The highest BCUT2D eigenvalue weighted by Gasteiger charge is 2.20. The van der Waals surface area contributed by atoms with Crippen molar-refractivity contribution in [1.82, 2.24) is 20.5 Å². The number of pyridine rings is 1. The van der Waals surface area contributed by atoms with Crippen molar-refractivity contribution in [3.8, 4) is 0 Å². The van der Waals surface area contributed by atoms with Gasteiger partial charge in [-0.2, -0.15) is 0 Å². The summed E-state index contributed by atoms with van der Waals surface area (Å²) in [4.78, 5) is 11.6. The average Bonchev–Trinajstić information content (AvgIpc) is 2.76. The minimum absolute atomic E-state index is 0.456. The van der Waals surface area contributed by atoms with E-state index in [1.54, 1.807) is 0 Å². The molecule has 1 aromatic heterocycles. The summed E-state index contributed by atoms with van der Waals surface area (Å²) in [6.07, 6.45) is 4.09. The maximum Gasteiger partial charge on any atom is 0.191 e. The van der Waals surface area contributed by atoms with Crippen molar-refractivity contribution in [1.29, 1.82) is 0 Å². The van der Waals surface area contributed by atoms with Gasteiger partial charge in [-0.05, 0) is 37.5 Å². The first-order valence-electron chi connectivity index (χ1n) is 10.6. The fourth-order valence-corrected chi connectivity index (χ4v) is 3.46. The van der Waals surface area contributed by atoms with Crippen LogP contribution in [0.2, 0.25) is 0 Å². The molecule has 1 saturated heterocycles. The lowest BCUT2D eigenvalue weighted by Gasteiger charge is -2.32. The molecule has 0 unspecified atom stereocenters. The monoisotopic (exact) mass is 395 g/mol. The Labute approximate surface area is 174 Å². The van der Waals surface area contributed by atoms with Crippen molar-refractivity contribution in [2.75, 3.05) is 32.8 Å². The highest BCUT2D eigenvalue weighted by Crippen LogP contribution is 2.12. The zero-order chi connectivity index (χ0) is 20.2. The van der Waals surface area contributed by atoms with Gasteiger partial charge in [0, 0.05) is 38.4 Å². The Balaban J connectivity index is 1.36. The molecule has 1 aliphatic rings. The van der Waals surface area contributed by atoms with Crippen molar-refractivity contribution in [3.05, 3.63) is 66.0 Å². The number of nitrogens with one attached hydrogen (secondary N) is 2. The second kappa shape index (κ2) is 12.2. The van der Waals surface area contributed by atoms with Gasteiger partial charge in [0.05, 0.1) is 25.5 Å². The van der Waals surface area contributed by atoms with E-state index in [4.69, 9.17) is 4.74 Å². The summed E-state index contributed by atoms with van der Waals surface area (Å²) in [5.74, 6) is 0.888. The molecule has 3 rings (SSSR count). The molecule has 6 nitrogen and oxygen atoms in total. The SMILES string of the molecule is CCNC(=NCCOCc1ccccc1)NC1CCN(Cc2ccccn2)CC1. The molecule has 0 bridgehead atoms. The van der Waals surface area contributed by atoms with E-state index in [0.717, 1.165) is 50.7 Å². The van der Waals surface area contributed by atoms with Gasteiger partial charge in [0.2, 0.25) is 0 Å². The first-order chi connectivity index (χ1) is 14.3.